The van der Waals surface area contributed by atoms with Gasteiger partial charge in [0, 0.05) is 13.1 Å². The fraction of sp³-hybridized carbons (Fsp3) is 0.455. The average molecular weight is 446 g/mol. The molecule has 1 aromatic carbocycles. The van der Waals surface area contributed by atoms with E-state index in [2.05, 4.69) is 4.98 Å². The molecule has 32 heavy (non-hydrogen) atoms. The molecule has 174 valence electrons. The summed E-state index contributed by atoms with van der Waals surface area (Å²) >= 11 is 0. The number of nitrogens with two attached hydrogens (primary N) is 1. The number of aromatic nitrogens is 2. The molecule has 2 aromatic rings. The summed E-state index contributed by atoms with van der Waals surface area (Å²) in [6.07, 6.45) is 0. The summed E-state index contributed by atoms with van der Waals surface area (Å²) in [4.78, 5) is 55.2. The first-order valence-electron chi connectivity index (χ1n) is 10.5. The number of carbonyl (C=O) groups excluding carboxylic acids is 2. The summed E-state index contributed by atoms with van der Waals surface area (Å²) in [5.41, 5.74) is 5.61. The molecule has 3 N–H and O–H groups in total. The van der Waals surface area contributed by atoms with Crippen LogP contribution in [0.4, 0.5) is 11.5 Å². The number of amides is 1. The molecule has 1 unspecified atom stereocenters. The van der Waals surface area contributed by atoms with Crippen molar-refractivity contribution < 1.29 is 14.3 Å². The summed E-state index contributed by atoms with van der Waals surface area (Å²) in [5.74, 6) is -1.22. The Labute approximate surface area is 186 Å². The number of likely N-dealkylation sites (N-methyl/N-ethyl adjacent to an activating group) is 2. The van der Waals surface area contributed by atoms with E-state index in [1.165, 1.54) is 16.6 Å². The van der Waals surface area contributed by atoms with Gasteiger partial charge in [0.1, 0.15) is 5.82 Å². The molecule has 0 aliphatic rings. The molecule has 1 atom stereocenters. The van der Waals surface area contributed by atoms with Crippen LogP contribution in [0.1, 0.15) is 26.3 Å². The Morgan fingerprint density at radius 2 is 1.81 bits per heavy atom. The molecule has 2 rings (SSSR count). The van der Waals surface area contributed by atoms with Crippen LogP contribution in [-0.2, 0) is 20.9 Å². The van der Waals surface area contributed by atoms with Crippen LogP contribution in [0.3, 0.4) is 0 Å². The molecular weight excluding hydrogens is 414 g/mol. The van der Waals surface area contributed by atoms with E-state index in [9.17, 15) is 19.2 Å². The number of nitrogens with one attached hydrogen (secondary N) is 1. The Morgan fingerprint density at radius 3 is 2.38 bits per heavy atom. The number of esters is 1. The van der Waals surface area contributed by atoms with Gasteiger partial charge < -0.3 is 15.4 Å². The second-order valence-corrected chi connectivity index (χ2v) is 7.45. The lowest BCUT2D eigenvalue weighted by Gasteiger charge is -2.27. The lowest BCUT2D eigenvalue weighted by molar-refractivity contribution is -0.145. The van der Waals surface area contributed by atoms with Gasteiger partial charge in [0.15, 0.2) is 5.69 Å². The van der Waals surface area contributed by atoms with Crippen LogP contribution in [0.5, 0.6) is 0 Å². The number of methoxy groups -OCH3 is 1. The molecule has 0 fully saturated rings. The predicted molar refractivity (Wildman–Crippen MR) is 123 cm³/mol. The smallest absolute Gasteiger partial charge is 0.330 e. The number of H-pyrrole nitrogens is 1. The SMILES string of the molecule is CCN(CC(=O)N(CC)c1c(N)n(Cc2ccccc2)c(=O)[nH]c1=O)CC(C)C(=O)OC. The third kappa shape index (κ3) is 5.85. The number of aromatic amines is 1. The van der Waals surface area contributed by atoms with Crippen molar-refractivity contribution in [2.75, 3.05) is 43.9 Å². The Bertz CT molecular complexity index is 1050. The van der Waals surface area contributed by atoms with E-state index in [0.29, 0.717) is 13.1 Å². The first-order valence-corrected chi connectivity index (χ1v) is 10.5. The van der Waals surface area contributed by atoms with Crippen molar-refractivity contribution >= 4 is 23.4 Å². The van der Waals surface area contributed by atoms with Crippen LogP contribution >= 0.6 is 0 Å². The van der Waals surface area contributed by atoms with Crippen molar-refractivity contribution in [1.82, 2.24) is 14.5 Å². The number of nitrogen functional groups attached to an aromatic ring is 1. The highest BCUT2D eigenvalue weighted by molar-refractivity contribution is 5.96. The maximum absolute atomic E-state index is 13.1. The summed E-state index contributed by atoms with van der Waals surface area (Å²) in [5, 5.41) is 0. The van der Waals surface area contributed by atoms with Gasteiger partial charge in [-0.25, -0.2) is 4.79 Å². The highest BCUT2D eigenvalue weighted by atomic mass is 16.5. The average Bonchev–Trinajstić information content (AvgIpc) is 2.78. The van der Waals surface area contributed by atoms with Crippen molar-refractivity contribution in [2.24, 2.45) is 5.92 Å². The number of hydrogen-bond acceptors (Lipinski definition) is 7. The Balaban J connectivity index is 2.33. The zero-order valence-electron chi connectivity index (χ0n) is 19.0. The van der Waals surface area contributed by atoms with Gasteiger partial charge >= 0.3 is 11.7 Å². The van der Waals surface area contributed by atoms with Crippen molar-refractivity contribution in [3.05, 3.63) is 56.7 Å². The van der Waals surface area contributed by atoms with E-state index in [4.69, 9.17) is 10.5 Å². The van der Waals surface area contributed by atoms with Crippen LogP contribution in [0.25, 0.3) is 0 Å². The van der Waals surface area contributed by atoms with Gasteiger partial charge in [0.05, 0.1) is 26.1 Å². The maximum atomic E-state index is 13.1. The molecular formula is C22H31N5O5. The highest BCUT2D eigenvalue weighted by Gasteiger charge is 2.25. The zero-order valence-corrected chi connectivity index (χ0v) is 19.0. The van der Waals surface area contributed by atoms with E-state index < -0.39 is 17.2 Å². The summed E-state index contributed by atoms with van der Waals surface area (Å²) in [6, 6.07) is 9.19. The van der Waals surface area contributed by atoms with Crippen molar-refractivity contribution in [2.45, 2.75) is 27.3 Å². The number of benzene rings is 1. The summed E-state index contributed by atoms with van der Waals surface area (Å²) < 4.78 is 5.98. The normalized spacial score (nSPS) is 11.9. The molecule has 10 heteroatoms. The molecule has 0 aliphatic carbocycles. The highest BCUT2D eigenvalue weighted by Crippen LogP contribution is 2.18. The van der Waals surface area contributed by atoms with Gasteiger partial charge in [0.25, 0.3) is 5.56 Å². The molecule has 0 aliphatic heterocycles. The largest absolute Gasteiger partial charge is 0.469 e. The third-order valence-corrected chi connectivity index (χ3v) is 5.23. The van der Waals surface area contributed by atoms with E-state index in [-0.39, 0.29) is 43.0 Å². The minimum absolute atomic E-state index is 0.0254. The van der Waals surface area contributed by atoms with Crippen LogP contribution in [0.15, 0.2) is 39.9 Å². The standard InChI is InChI=1S/C22H31N5O5/c1-5-25(12-15(3)21(30)32-4)14-17(28)26(6-2)18-19(23)27(22(31)24-20(18)29)13-16-10-8-7-9-11-16/h7-11,15H,5-6,12-14,23H2,1-4H3,(H,24,29,31). The van der Waals surface area contributed by atoms with Crippen molar-refractivity contribution in [3.8, 4) is 0 Å². The number of ether oxygens (including phenoxy) is 1. The molecule has 10 nitrogen and oxygen atoms in total. The molecule has 1 heterocycles. The molecule has 0 saturated carbocycles. The van der Waals surface area contributed by atoms with E-state index in [0.717, 1.165) is 5.56 Å². The quantitative estimate of drug-likeness (QED) is 0.514. The number of nitrogens with zero attached hydrogens (tertiary/aromatic N) is 3. The summed E-state index contributed by atoms with van der Waals surface area (Å²) in [7, 11) is 1.32. The van der Waals surface area contributed by atoms with Gasteiger partial charge in [-0.1, -0.05) is 44.2 Å². The zero-order chi connectivity index (χ0) is 23.8. The molecule has 0 bridgehead atoms. The molecule has 0 spiro atoms. The third-order valence-electron chi connectivity index (χ3n) is 5.23. The Hall–Kier alpha value is -3.40. The van der Waals surface area contributed by atoms with Crippen LogP contribution in [0, 0.1) is 5.92 Å². The van der Waals surface area contributed by atoms with Crippen molar-refractivity contribution in [3.63, 3.8) is 0 Å². The van der Waals surface area contributed by atoms with E-state index in [1.54, 1.807) is 18.7 Å². The van der Waals surface area contributed by atoms with Gasteiger partial charge in [-0.15, -0.1) is 0 Å². The second kappa shape index (κ2) is 11.3. The molecule has 1 amide bonds. The molecule has 1 aromatic heterocycles. The number of hydrogen-bond donors (Lipinski definition) is 2. The second-order valence-electron chi connectivity index (χ2n) is 7.45. The Morgan fingerprint density at radius 1 is 1.16 bits per heavy atom. The minimum atomic E-state index is -0.724. The maximum Gasteiger partial charge on any atom is 0.330 e. The fourth-order valence-corrected chi connectivity index (χ4v) is 3.47. The lowest BCUT2D eigenvalue weighted by Crippen LogP contribution is -2.46. The number of carbonyl (C=O) groups is 2. The monoisotopic (exact) mass is 445 g/mol. The van der Waals surface area contributed by atoms with Gasteiger partial charge in [-0.05, 0) is 19.0 Å². The fourth-order valence-electron chi connectivity index (χ4n) is 3.47. The van der Waals surface area contributed by atoms with Gasteiger partial charge in [0.2, 0.25) is 5.91 Å². The first kappa shape index (κ1) is 24.9. The van der Waals surface area contributed by atoms with Crippen molar-refractivity contribution in [1.29, 1.82) is 0 Å². The summed E-state index contributed by atoms with van der Waals surface area (Å²) in [6.45, 7) is 6.46. The van der Waals surface area contributed by atoms with Crippen LogP contribution < -0.4 is 21.9 Å². The van der Waals surface area contributed by atoms with Crippen LogP contribution in [0.2, 0.25) is 0 Å². The molecule has 0 radical (unpaired) electrons. The molecule has 0 saturated heterocycles. The van der Waals surface area contributed by atoms with Crippen LogP contribution in [-0.4, -0.2) is 59.6 Å². The van der Waals surface area contributed by atoms with Gasteiger partial charge in [-0.2, -0.15) is 0 Å². The topological polar surface area (TPSA) is 131 Å². The Kier molecular flexibility index (Phi) is 8.77. The van der Waals surface area contributed by atoms with E-state index in [1.807, 2.05) is 37.3 Å². The predicted octanol–water partition coefficient (Wildman–Crippen LogP) is 0.651. The van der Waals surface area contributed by atoms with E-state index >= 15 is 0 Å². The number of anilines is 2. The number of rotatable bonds is 10. The minimum Gasteiger partial charge on any atom is -0.469 e. The van der Waals surface area contributed by atoms with Gasteiger partial charge in [-0.3, -0.25) is 28.8 Å². The lowest BCUT2D eigenvalue weighted by atomic mass is 10.1. The first-order chi connectivity index (χ1) is 15.2.